The fourth-order valence-corrected chi connectivity index (χ4v) is 2.34. The van der Waals surface area contributed by atoms with E-state index in [1.807, 2.05) is 25.5 Å². The number of aromatic amines is 1. The highest BCUT2D eigenvalue weighted by molar-refractivity contribution is 5.79. The van der Waals surface area contributed by atoms with Crippen molar-refractivity contribution in [1.82, 2.24) is 30.3 Å². The maximum atomic E-state index is 12.2. The second-order valence-electron chi connectivity index (χ2n) is 5.22. The topological polar surface area (TPSA) is 88.5 Å². The molecule has 0 saturated heterocycles. The van der Waals surface area contributed by atoms with E-state index in [0.29, 0.717) is 6.42 Å². The lowest BCUT2D eigenvalue weighted by Crippen LogP contribution is -2.30. The Hall–Kier alpha value is -2.18. The van der Waals surface area contributed by atoms with Crippen LogP contribution in [0.4, 0.5) is 0 Å². The molecular formula is C14H22N6O. The summed E-state index contributed by atoms with van der Waals surface area (Å²) in [5, 5.41) is 14.1. The predicted molar refractivity (Wildman–Crippen MR) is 78.6 cm³/mol. The highest BCUT2D eigenvalue weighted by Gasteiger charge is 2.17. The number of carbonyl (C=O) groups excluding carboxylic acids is 1. The number of H-pyrrole nitrogens is 1. The van der Waals surface area contributed by atoms with Crippen LogP contribution >= 0.6 is 0 Å². The number of rotatable bonds is 6. The van der Waals surface area contributed by atoms with Gasteiger partial charge >= 0.3 is 0 Å². The number of amides is 1. The first-order valence-corrected chi connectivity index (χ1v) is 7.20. The number of aromatic nitrogens is 5. The summed E-state index contributed by atoms with van der Waals surface area (Å²) in [6.07, 6.45) is 2.82. The molecule has 0 fully saturated rings. The number of aryl methyl sites for hydroxylation is 3. The third kappa shape index (κ3) is 3.48. The van der Waals surface area contributed by atoms with Gasteiger partial charge in [-0.2, -0.15) is 10.2 Å². The molecule has 0 radical (unpaired) electrons. The van der Waals surface area contributed by atoms with E-state index in [9.17, 15) is 4.79 Å². The maximum Gasteiger partial charge on any atom is 0.225 e. The molecular weight excluding hydrogens is 268 g/mol. The van der Waals surface area contributed by atoms with Crippen LogP contribution < -0.4 is 5.32 Å². The molecule has 0 bridgehead atoms. The molecule has 2 heterocycles. The van der Waals surface area contributed by atoms with E-state index in [1.54, 1.807) is 0 Å². The number of nitrogens with zero attached hydrogens (tertiary/aromatic N) is 4. The van der Waals surface area contributed by atoms with Crippen molar-refractivity contribution in [3.05, 3.63) is 29.1 Å². The molecule has 0 spiro atoms. The summed E-state index contributed by atoms with van der Waals surface area (Å²) < 4.78 is 1.83. The zero-order chi connectivity index (χ0) is 15.4. The lowest BCUT2D eigenvalue weighted by molar-refractivity contribution is -0.121. The molecule has 21 heavy (non-hydrogen) atoms. The molecule has 1 unspecified atom stereocenters. The molecule has 7 heteroatoms. The van der Waals surface area contributed by atoms with Gasteiger partial charge in [0, 0.05) is 17.8 Å². The van der Waals surface area contributed by atoms with Crippen LogP contribution in [-0.4, -0.2) is 30.9 Å². The van der Waals surface area contributed by atoms with Crippen LogP contribution in [0.5, 0.6) is 0 Å². The van der Waals surface area contributed by atoms with E-state index < -0.39 is 0 Å². The zero-order valence-electron chi connectivity index (χ0n) is 13.0. The first-order chi connectivity index (χ1) is 10.0. The summed E-state index contributed by atoms with van der Waals surface area (Å²) in [6, 6.07) is -0.168. The highest BCUT2D eigenvalue weighted by atomic mass is 16.1. The van der Waals surface area contributed by atoms with Crippen molar-refractivity contribution in [2.45, 2.75) is 53.1 Å². The van der Waals surface area contributed by atoms with Crippen molar-refractivity contribution in [1.29, 1.82) is 0 Å². The minimum absolute atomic E-state index is 0.0406. The van der Waals surface area contributed by atoms with Gasteiger partial charge in [-0.1, -0.05) is 6.92 Å². The van der Waals surface area contributed by atoms with Crippen molar-refractivity contribution < 1.29 is 4.79 Å². The molecule has 2 aromatic heterocycles. The van der Waals surface area contributed by atoms with Crippen LogP contribution in [0.3, 0.4) is 0 Å². The summed E-state index contributed by atoms with van der Waals surface area (Å²) in [6.45, 7) is 8.62. The van der Waals surface area contributed by atoms with Gasteiger partial charge in [-0.05, 0) is 27.2 Å². The van der Waals surface area contributed by atoms with Crippen molar-refractivity contribution in [2.24, 2.45) is 0 Å². The quantitative estimate of drug-likeness (QED) is 0.842. The van der Waals surface area contributed by atoms with Crippen LogP contribution in [0.25, 0.3) is 0 Å². The minimum Gasteiger partial charge on any atom is -0.346 e. The second-order valence-corrected chi connectivity index (χ2v) is 5.22. The van der Waals surface area contributed by atoms with Crippen LogP contribution in [0, 0.1) is 13.8 Å². The van der Waals surface area contributed by atoms with E-state index in [0.717, 1.165) is 35.7 Å². The number of carbonyl (C=O) groups is 1. The molecule has 1 atom stereocenters. The molecule has 0 aliphatic carbocycles. The molecule has 114 valence electrons. The Kier molecular flexibility index (Phi) is 4.72. The first-order valence-electron chi connectivity index (χ1n) is 7.20. The summed E-state index contributed by atoms with van der Waals surface area (Å²) >= 11 is 0. The van der Waals surface area contributed by atoms with Gasteiger partial charge in [0.1, 0.15) is 12.2 Å². The third-order valence-electron chi connectivity index (χ3n) is 3.46. The van der Waals surface area contributed by atoms with E-state index in [1.165, 1.54) is 6.33 Å². The van der Waals surface area contributed by atoms with Gasteiger partial charge in [-0.15, -0.1) is 0 Å². The first kappa shape index (κ1) is 15.2. The van der Waals surface area contributed by atoms with Gasteiger partial charge in [0.2, 0.25) is 5.91 Å². The molecule has 2 N–H and O–H groups in total. The van der Waals surface area contributed by atoms with Crippen LogP contribution in [0.2, 0.25) is 0 Å². The molecule has 1 amide bonds. The Morgan fingerprint density at radius 2 is 2.24 bits per heavy atom. The Balaban J connectivity index is 2.00. The SMILES string of the molecule is CCCn1ncnc1C(C)NC(=O)Cc1c(C)n[nH]c1C. The van der Waals surface area contributed by atoms with E-state index in [2.05, 4.69) is 32.5 Å². The Morgan fingerprint density at radius 1 is 1.48 bits per heavy atom. The Bertz CT molecular complexity index is 595. The summed E-state index contributed by atoms with van der Waals surface area (Å²) in [5.74, 6) is 0.743. The summed E-state index contributed by atoms with van der Waals surface area (Å²) in [4.78, 5) is 16.4. The van der Waals surface area contributed by atoms with Gasteiger partial charge < -0.3 is 5.32 Å². The molecule has 7 nitrogen and oxygen atoms in total. The maximum absolute atomic E-state index is 12.2. The monoisotopic (exact) mass is 290 g/mol. The molecule has 0 saturated carbocycles. The molecule has 2 rings (SSSR count). The predicted octanol–water partition coefficient (Wildman–Crippen LogP) is 1.45. The Labute approximate surface area is 124 Å². The molecule has 2 aromatic rings. The minimum atomic E-state index is -0.168. The smallest absolute Gasteiger partial charge is 0.225 e. The largest absolute Gasteiger partial charge is 0.346 e. The number of hydrogen-bond donors (Lipinski definition) is 2. The average Bonchev–Trinajstić information content (AvgIpc) is 3.01. The van der Waals surface area contributed by atoms with Gasteiger partial charge in [0.15, 0.2) is 0 Å². The van der Waals surface area contributed by atoms with Crippen molar-refractivity contribution in [2.75, 3.05) is 0 Å². The van der Waals surface area contributed by atoms with Crippen LogP contribution in [0.15, 0.2) is 6.33 Å². The van der Waals surface area contributed by atoms with Crippen molar-refractivity contribution in [3.63, 3.8) is 0 Å². The number of nitrogens with one attached hydrogen (secondary N) is 2. The third-order valence-corrected chi connectivity index (χ3v) is 3.46. The van der Waals surface area contributed by atoms with Crippen LogP contribution in [-0.2, 0) is 17.8 Å². The van der Waals surface area contributed by atoms with Crippen molar-refractivity contribution >= 4 is 5.91 Å². The fraction of sp³-hybridized carbons (Fsp3) is 0.571. The van der Waals surface area contributed by atoms with Crippen molar-refractivity contribution in [3.8, 4) is 0 Å². The Morgan fingerprint density at radius 3 is 2.86 bits per heavy atom. The number of hydrogen-bond acceptors (Lipinski definition) is 4. The summed E-state index contributed by atoms with van der Waals surface area (Å²) in [5.41, 5.74) is 2.75. The van der Waals surface area contributed by atoms with E-state index >= 15 is 0 Å². The van der Waals surface area contributed by atoms with Crippen LogP contribution in [0.1, 0.15) is 49.1 Å². The standard InChI is InChI=1S/C14H22N6O/c1-5-6-20-14(15-8-16-20)11(4)17-13(21)7-12-9(2)18-19-10(12)3/h8,11H,5-7H2,1-4H3,(H,17,21)(H,18,19). The summed E-state index contributed by atoms with van der Waals surface area (Å²) in [7, 11) is 0. The highest BCUT2D eigenvalue weighted by Crippen LogP contribution is 2.12. The molecule has 0 aliphatic rings. The fourth-order valence-electron chi connectivity index (χ4n) is 2.34. The van der Waals surface area contributed by atoms with E-state index in [4.69, 9.17) is 0 Å². The average molecular weight is 290 g/mol. The lowest BCUT2D eigenvalue weighted by Gasteiger charge is -2.14. The normalized spacial score (nSPS) is 12.4. The molecule has 0 aromatic carbocycles. The van der Waals surface area contributed by atoms with Gasteiger partial charge in [-0.3, -0.25) is 9.89 Å². The zero-order valence-corrected chi connectivity index (χ0v) is 13.0. The molecule has 0 aliphatic heterocycles. The van der Waals surface area contributed by atoms with Gasteiger partial charge in [0.05, 0.1) is 18.2 Å². The van der Waals surface area contributed by atoms with Gasteiger partial charge in [-0.25, -0.2) is 9.67 Å². The lowest BCUT2D eigenvalue weighted by atomic mass is 10.1. The van der Waals surface area contributed by atoms with Gasteiger partial charge in [0.25, 0.3) is 0 Å². The van der Waals surface area contributed by atoms with E-state index in [-0.39, 0.29) is 11.9 Å². The second kappa shape index (κ2) is 6.51.